The predicted molar refractivity (Wildman–Crippen MR) is 111 cm³/mol. The summed E-state index contributed by atoms with van der Waals surface area (Å²) in [5, 5.41) is 2.91. The van der Waals surface area contributed by atoms with Crippen molar-refractivity contribution < 1.29 is 9.47 Å². The molecule has 146 valence electrons. The average molecular weight is 371 g/mol. The molecule has 0 saturated carbocycles. The molecule has 0 atom stereocenters. The van der Waals surface area contributed by atoms with E-state index in [1.165, 1.54) is 0 Å². The van der Waals surface area contributed by atoms with Gasteiger partial charge in [0.2, 0.25) is 5.95 Å². The van der Waals surface area contributed by atoms with Crippen LogP contribution in [0.15, 0.2) is 41.9 Å². The summed E-state index contributed by atoms with van der Waals surface area (Å²) in [6, 6.07) is 7.69. The fraction of sp³-hybridized carbons (Fsp3) is 0.350. The van der Waals surface area contributed by atoms with Gasteiger partial charge in [-0.05, 0) is 51.0 Å². The number of ether oxygens (including phenoxy) is 2. The van der Waals surface area contributed by atoms with Crippen LogP contribution in [0.4, 0.5) is 5.95 Å². The molecule has 27 heavy (non-hydrogen) atoms. The first-order valence-corrected chi connectivity index (χ1v) is 8.60. The first-order valence-electron chi connectivity index (χ1n) is 8.60. The number of rotatable bonds is 6. The molecule has 1 heterocycles. The zero-order valence-electron chi connectivity index (χ0n) is 16.7. The molecule has 7 nitrogen and oxygen atoms in total. The molecular formula is C20H29N5O2. The number of hydrogen-bond donors (Lipinski definition) is 2. The Labute approximate surface area is 161 Å². The van der Waals surface area contributed by atoms with E-state index in [2.05, 4.69) is 26.9 Å². The van der Waals surface area contributed by atoms with Crippen LogP contribution in [-0.4, -0.2) is 36.7 Å². The number of nitrogens with zero attached hydrogens (tertiary/aromatic N) is 3. The van der Waals surface area contributed by atoms with Gasteiger partial charge in [-0.3, -0.25) is 10.3 Å². The lowest BCUT2D eigenvalue weighted by atomic mass is 10.1. The number of aromatic nitrogens is 2. The number of guanidine groups is 1. The molecule has 0 radical (unpaired) electrons. The Kier molecular flexibility index (Phi) is 9.36. The van der Waals surface area contributed by atoms with Crippen LogP contribution in [-0.2, 0) is 6.42 Å². The first kappa shape index (κ1) is 22.0. The van der Waals surface area contributed by atoms with E-state index in [9.17, 15) is 0 Å². The summed E-state index contributed by atoms with van der Waals surface area (Å²) >= 11 is 0. The molecule has 1 aromatic carbocycles. The Morgan fingerprint density at radius 3 is 2.30 bits per heavy atom. The van der Waals surface area contributed by atoms with E-state index in [0.29, 0.717) is 30.0 Å². The third-order valence-corrected chi connectivity index (χ3v) is 3.35. The molecule has 0 spiro atoms. The highest BCUT2D eigenvalue weighted by atomic mass is 16.5. The maximum Gasteiger partial charge on any atom is 0.229 e. The summed E-state index contributed by atoms with van der Waals surface area (Å²) in [4.78, 5) is 12.8. The molecule has 7 heteroatoms. The van der Waals surface area contributed by atoms with Gasteiger partial charge in [0.1, 0.15) is 0 Å². The first-order chi connectivity index (χ1) is 12.9. The SMILES string of the molecule is C=CC.COc1ccc(CCN=C(N)Nc2nc(C)cc(C)n2)cc1OC. The van der Waals surface area contributed by atoms with Gasteiger partial charge in [0.25, 0.3) is 0 Å². The van der Waals surface area contributed by atoms with Crippen LogP contribution in [0.2, 0.25) is 0 Å². The Bertz CT molecular complexity index is 755. The molecule has 0 saturated heterocycles. The summed E-state index contributed by atoms with van der Waals surface area (Å²) in [6.07, 6.45) is 2.48. The molecule has 3 N–H and O–H groups in total. The molecule has 1 aromatic heterocycles. The van der Waals surface area contributed by atoms with Crippen molar-refractivity contribution in [2.24, 2.45) is 10.7 Å². The summed E-state index contributed by atoms with van der Waals surface area (Å²) in [5.74, 6) is 2.16. The molecule has 0 aliphatic rings. The highest BCUT2D eigenvalue weighted by Crippen LogP contribution is 2.27. The van der Waals surface area contributed by atoms with Gasteiger partial charge in [0.15, 0.2) is 17.5 Å². The number of aryl methyl sites for hydroxylation is 2. The summed E-state index contributed by atoms with van der Waals surface area (Å²) < 4.78 is 10.5. The lowest BCUT2D eigenvalue weighted by Gasteiger charge is -2.09. The molecule has 0 aliphatic carbocycles. The van der Waals surface area contributed by atoms with Crippen molar-refractivity contribution in [3.8, 4) is 11.5 Å². The van der Waals surface area contributed by atoms with Gasteiger partial charge in [-0.2, -0.15) is 0 Å². The molecular weight excluding hydrogens is 342 g/mol. The summed E-state index contributed by atoms with van der Waals surface area (Å²) in [5.41, 5.74) is 8.73. The molecule has 0 aliphatic heterocycles. The van der Waals surface area contributed by atoms with Gasteiger partial charge in [-0.15, -0.1) is 6.58 Å². The summed E-state index contributed by atoms with van der Waals surface area (Å²) in [7, 11) is 3.23. The lowest BCUT2D eigenvalue weighted by Crippen LogP contribution is -2.24. The zero-order valence-corrected chi connectivity index (χ0v) is 16.7. The van der Waals surface area contributed by atoms with E-state index in [4.69, 9.17) is 15.2 Å². The van der Waals surface area contributed by atoms with Gasteiger partial charge < -0.3 is 15.2 Å². The van der Waals surface area contributed by atoms with Crippen LogP contribution < -0.4 is 20.5 Å². The van der Waals surface area contributed by atoms with Crippen LogP contribution in [0.25, 0.3) is 0 Å². The van der Waals surface area contributed by atoms with E-state index in [-0.39, 0.29) is 0 Å². The van der Waals surface area contributed by atoms with Crippen molar-refractivity contribution in [2.45, 2.75) is 27.2 Å². The number of nitrogens with one attached hydrogen (secondary N) is 1. The predicted octanol–water partition coefficient (Wildman–Crippen LogP) is 3.27. The minimum absolute atomic E-state index is 0.292. The number of methoxy groups -OCH3 is 2. The topological polar surface area (TPSA) is 94.7 Å². The van der Waals surface area contributed by atoms with E-state index in [1.807, 2.05) is 45.0 Å². The maximum atomic E-state index is 5.89. The van der Waals surface area contributed by atoms with Crippen molar-refractivity contribution >= 4 is 11.9 Å². The van der Waals surface area contributed by atoms with Gasteiger partial charge in [-0.1, -0.05) is 12.1 Å². The van der Waals surface area contributed by atoms with E-state index >= 15 is 0 Å². The lowest BCUT2D eigenvalue weighted by molar-refractivity contribution is 0.354. The molecule has 2 rings (SSSR count). The number of hydrogen-bond acceptors (Lipinski definition) is 5. The fourth-order valence-corrected chi connectivity index (χ4v) is 2.28. The smallest absolute Gasteiger partial charge is 0.229 e. The minimum Gasteiger partial charge on any atom is -0.493 e. The van der Waals surface area contributed by atoms with Gasteiger partial charge in [0.05, 0.1) is 14.2 Å². The van der Waals surface area contributed by atoms with Crippen molar-refractivity contribution in [1.82, 2.24) is 9.97 Å². The Hall–Kier alpha value is -3.09. The molecule has 2 aromatic rings. The quantitative estimate of drug-likeness (QED) is 0.460. The summed E-state index contributed by atoms with van der Waals surface area (Å²) in [6.45, 7) is 9.60. The molecule has 0 bridgehead atoms. The Morgan fingerprint density at radius 1 is 1.15 bits per heavy atom. The van der Waals surface area contributed by atoms with E-state index in [0.717, 1.165) is 23.4 Å². The van der Waals surface area contributed by atoms with Crippen molar-refractivity contribution in [2.75, 3.05) is 26.1 Å². The standard InChI is InChI=1S/C17H23N5O2.C3H6/c1-11-9-12(2)21-17(20-11)22-16(18)19-8-7-13-5-6-14(23-3)15(10-13)24-4;1-3-2/h5-6,9-10H,7-8H2,1-4H3,(H3,18,19,20,21,22);3H,1H2,2H3. The maximum absolute atomic E-state index is 5.89. The van der Waals surface area contributed by atoms with Crippen LogP contribution in [0.1, 0.15) is 23.9 Å². The van der Waals surface area contributed by atoms with Gasteiger partial charge in [0, 0.05) is 17.9 Å². The number of aliphatic imine (C=N–C) groups is 1. The van der Waals surface area contributed by atoms with Gasteiger partial charge in [-0.25, -0.2) is 9.97 Å². The minimum atomic E-state index is 0.292. The normalized spacial score (nSPS) is 10.5. The Morgan fingerprint density at radius 2 is 1.74 bits per heavy atom. The number of anilines is 1. The largest absolute Gasteiger partial charge is 0.493 e. The Balaban J connectivity index is 0.00000114. The van der Waals surface area contributed by atoms with Crippen LogP contribution >= 0.6 is 0 Å². The zero-order chi connectivity index (χ0) is 20.2. The van der Waals surface area contributed by atoms with Crippen molar-refractivity contribution in [1.29, 1.82) is 0 Å². The average Bonchev–Trinajstić information content (AvgIpc) is 2.61. The van der Waals surface area contributed by atoms with Gasteiger partial charge >= 0.3 is 0 Å². The third-order valence-electron chi connectivity index (χ3n) is 3.35. The van der Waals surface area contributed by atoms with Crippen molar-refractivity contribution in [3.05, 3.63) is 53.9 Å². The highest BCUT2D eigenvalue weighted by molar-refractivity contribution is 5.90. The van der Waals surface area contributed by atoms with E-state index < -0.39 is 0 Å². The fourth-order valence-electron chi connectivity index (χ4n) is 2.28. The number of nitrogens with two attached hydrogens (primary N) is 1. The monoisotopic (exact) mass is 371 g/mol. The van der Waals surface area contributed by atoms with E-state index in [1.54, 1.807) is 20.3 Å². The second-order valence-corrected chi connectivity index (χ2v) is 5.71. The second-order valence-electron chi connectivity index (χ2n) is 5.71. The third kappa shape index (κ3) is 7.77. The van der Waals surface area contributed by atoms with Crippen LogP contribution in [0, 0.1) is 13.8 Å². The number of allylic oxidation sites excluding steroid dienone is 1. The van der Waals surface area contributed by atoms with Crippen LogP contribution in [0.3, 0.4) is 0 Å². The van der Waals surface area contributed by atoms with Crippen LogP contribution in [0.5, 0.6) is 11.5 Å². The highest BCUT2D eigenvalue weighted by Gasteiger charge is 2.05. The molecule has 0 amide bonds. The number of benzene rings is 1. The second kappa shape index (κ2) is 11.5. The molecule has 0 fully saturated rings. The molecule has 0 unspecified atom stereocenters. The van der Waals surface area contributed by atoms with Crippen molar-refractivity contribution in [3.63, 3.8) is 0 Å².